The van der Waals surface area contributed by atoms with Crippen LogP contribution in [0.3, 0.4) is 0 Å². The molecule has 2 heteroatoms. The molecule has 0 bridgehead atoms. The number of benzene rings is 2. The largest absolute Gasteiger partial charge is 0.203 e. The molecule has 0 nitrogen and oxygen atoms in total. The number of rotatable bonds is 9. The zero-order chi connectivity index (χ0) is 23.9. The minimum Gasteiger partial charge on any atom is -0.203 e. The van der Waals surface area contributed by atoms with Crippen LogP contribution in [0.25, 0.3) is 11.1 Å². The van der Waals surface area contributed by atoms with Crippen molar-refractivity contribution in [3.63, 3.8) is 0 Å². The molecule has 34 heavy (non-hydrogen) atoms. The van der Waals surface area contributed by atoms with Crippen LogP contribution in [0.2, 0.25) is 0 Å². The molecule has 2 fully saturated rings. The van der Waals surface area contributed by atoms with Crippen LogP contribution in [-0.4, -0.2) is 0 Å². The van der Waals surface area contributed by atoms with Crippen molar-refractivity contribution in [2.75, 3.05) is 0 Å². The Morgan fingerprint density at radius 2 is 1.21 bits per heavy atom. The first-order chi connectivity index (χ1) is 16.6. The summed E-state index contributed by atoms with van der Waals surface area (Å²) in [4.78, 5) is 0. The molecule has 0 radical (unpaired) electrons. The first kappa shape index (κ1) is 25.4. The third kappa shape index (κ3) is 6.29. The molecule has 0 amide bonds. The van der Waals surface area contributed by atoms with E-state index in [1.54, 1.807) is 12.1 Å². The Bertz CT molecular complexity index is 884. The fourth-order valence-electron chi connectivity index (χ4n) is 6.80. The van der Waals surface area contributed by atoms with Crippen molar-refractivity contribution in [3.05, 3.63) is 59.2 Å². The van der Waals surface area contributed by atoms with Gasteiger partial charge in [-0.05, 0) is 85.3 Å². The van der Waals surface area contributed by atoms with Gasteiger partial charge in [-0.15, -0.1) is 0 Å². The van der Waals surface area contributed by atoms with Crippen molar-refractivity contribution in [3.8, 4) is 11.1 Å². The van der Waals surface area contributed by atoms with Gasteiger partial charge in [-0.25, -0.2) is 8.78 Å². The summed E-state index contributed by atoms with van der Waals surface area (Å²) in [5.41, 5.74) is 2.91. The number of halogens is 2. The van der Waals surface area contributed by atoms with Crippen LogP contribution in [0.15, 0.2) is 36.4 Å². The highest BCUT2D eigenvalue weighted by Gasteiger charge is 2.30. The highest BCUT2D eigenvalue weighted by molar-refractivity contribution is 5.65. The molecule has 0 N–H and O–H groups in total. The standard InChI is InChI=1S/C32H44F2/c1-3-5-23-9-15-26(16-10-23)27-17-11-24(12-18-27)7-8-25-13-19-28(20-14-25)30-22-21-29(6-4-2)31(33)32(30)34/h13-14,19-24,26-27H,3-12,15-18H2,1-2H3. The highest BCUT2D eigenvalue weighted by atomic mass is 19.2. The molecule has 2 saturated carbocycles. The zero-order valence-electron chi connectivity index (χ0n) is 21.4. The van der Waals surface area contributed by atoms with Gasteiger partial charge in [0.25, 0.3) is 0 Å². The Labute approximate surface area is 206 Å². The summed E-state index contributed by atoms with van der Waals surface area (Å²) in [7, 11) is 0. The van der Waals surface area contributed by atoms with Gasteiger partial charge in [-0.1, -0.05) is 95.2 Å². The number of hydrogen-bond donors (Lipinski definition) is 0. The van der Waals surface area contributed by atoms with E-state index in [9.17, 15) is 8.78 Å². The molecule has 2 aliphatic carbocycles. The maximum Gasteiger partial charge on any atom is 0.166 e. The lowest BCUT2D eigenvalue weighted by Crippen LogP contribution is -2.26. The molecule has 186 valence electrons. The van der Waals surface area contributed by atoms with Crippen molar-refractivity contribution in [2.45, 2.75) is 104 Å². The number of aryl methyl sites for hydroxylation is 2. The molecule has 0 aromatic heterocycles. The fraction of sp³-hybridized carbons (Fsp3) is 0.625. The number of hydrogen-bond acceptors (Lipinski definition) is 0. The SMILES string of the molecule is CCCc1ccc(-c2ccc(CCC3CCC(C4CCC(CCC)CC4)CC3)cc2)c(F)c1F. The van der Waals surface area contributed by atoms with E-state index in [1.807, 2.05) is 19.1 Å². The lowest BCUT2D eigenvalue weighted by atomic mass is 9.68. The third-order valence-electron chi connectivity index (χ3n) is 8.93. The summed E-state index contributed by atoms with van der Waals surface area (Å²) in [5.74, 6) is 2.45. The molecular weight excluding hydrogens is 422 g/mol. The second-order valence-electron chi connectivity index (χ2n) is 11.2. The minimum atomic E-state index is -0.714. The van der Waals surface area contributed by atoms with Crippen LogP contribution >= 0.6 is 0 Å². The predicted octanol–water partition coefficient (Wildman–Crippen LogP) is 9.93. The second kappa shape index (κ2) is 12.3. The quantitative estimate of drug-likeness (QED) is 0.345. The molecule has 0 unspecified atom stereocenters. The summed E-state index contributed by atoms with van der Waals surface area (Å²) < 4.78 is 29.0. The topological polar surface area (TPSA) is 0 Å². The van der Waals surface area contributed by atoms with E-state index in [0.29, 0.717) is 17.5 Å². The van der Waals surface area contributed by atoms with Gasteiger partial charge in [0.2, 0.25) is 0 Å². The lowest BCUT2D eigenvalue weighted by Gasteiger charge is -2.38. The van der Waals surface area contributed by atoms with Gasteiger partial charge in [0.15, 0.2) is 11.6 Å². The van der Waals surface area contributed by atoms with Crippen molar-refractivity contribution < 1.29 is 8.78 Å². The van der Waals surface area contributed by atoms with E-state index < -0.39 is 11.6 Å². The van der Waals surface area contributed by atoms with E-state index in [0.717, 1.165) is 42.1 Å². The van der Waals surface area contributed by atoms with Gasteiger partial charge in [0.1, 0.15) is 0 Å². The molecule has 0 heterocycles. The van der Waals surface area contributed by atoms with E-state index in [-0.39, 0.29) is 0 Å². The maximum atomic E-state index is 14.6. The Hall–Kier alpha value is -1.70. The predicted molar refractivity (Wildman–Crippen MR) is 140 cm³/mol. The second-order valence-corrected chi connectivity index (χ2v) is 11.2. The maximum absolute atomic E-state index is 14.6. The molecule has 2 aromatic rings. The molecule has 4 rings (SSSR count). The van der Waals surface area contributed by atoms with E-state index in [2.05, 4.69) is 19.1 Å². The van der Waals surface area contributed by atoms with Crippen LogP contribution in [0.4, 0.5) is 8.78 Å². The summed E-state index contributed by atoms with van der Waals surface area (Å²) in [6.45, 7) is 4.31. The van der Waals surface area contributed by atoms with E-state index >= 15 is 0 Å². The molecule has 0 spiro atoms. The average molecular weight is 467 g/mol. The Balaban J connectivity index is 1.24. The molecule has 2 aliphatic rings. The van der Waals surface area contributed by atoms with Crippen LogP contribution in [0.1, 0.15) is 102 Å². The summed E-state index contributed by atoms with van der Waals surface area (Å²) >= 11 is 0. The highest BCUT2D eigenvalue weighted by Crippen LogP contribution is 2.43. The zero-order valence-corrected chi connectivity index (χ0v) is 21.4. The van der Waals surface area contributed by atoms with Crippen LogP contribution in [-0.2, 0) is 12.8 Å². The monoisotopic (exact) mass is 466 g/mol. The molecule has 0 aliphatic heterocycles. The van der Waals surface area contributed by atoms with Crippen LogP contribution in [0.5, 0.6) is 0 Å². The fourth-order valence-corrected chi connectivity index (χ4v) is 6.80. The van der Waals surface area contributed by atoms with Gasteiger partial charge < -0.3 is 0 Å². The van der Waals surface area contributed by atoms with Gasteiger partial charge >= 0.3 is 0 Å². The minimum absolute atomic E-state index is 0.367. The molecular formula is C32H44F2. The first-order valence-corrected chi connectivity index (χ1v) is 14.1. The van der Waals surface area contributed by atoms with Gasteiger partial charge in [0.05, 0.1) is 0 Å². The normalized spacial score (nSPS) is 25.4. The third-order valence-corrected chi connectivity index (χ3v) is 8.93. The lowest BCUT2D eigenvalue weighted by molar-refractivity contribution is 0.141. The summed E-state index contributed by atoms with van der Waals surface area (Å²) in [6.07, 6.45) is 18.1. The smallest absolute Gasteiger partial charge is 0.166 e. The molecule has 2 aromatic carbocycles. The van der Waals surface area contributed by atoms with Crippen molar-refractivity contribution in [1.82, 2.24) is 0 Å². The Kier molecular flexibility index (Phi) is 9.20. The van der Waals surface area contributed by atoms with Crippen molar-refractivity contribution in [1.29, 1.82) is 0 Å². The van der Waals surface area contributed by atoms with Crippen LogP contribution in [0, 0.1) is 35.3 Å². The Morgan fingerprint density at radius 3 is 1.76 bits per heavy atom. The van der Waals surface area contributed by atoms with Crippen molar-refractivity contribution in [2.24, 2.45) is 23.7 Å². The van der Waals surface area contributed by atoms with E-state index in [1.165, 1.54) is 76.2 Å². The summed E-state index contributed by atoms with van der Waals surface area (Å²) in [5, 5.41) is 0. The molecule has 0 atom stereocenters. The summed E-state index contributed by atoms with van der Waals surface area (Å²) in [6, 6.07) is 11.6. The first-order valence-electron chi connectivity index (χ1n) is 14.1. The van der Waals surface area contributed by atoms with Gasteiger partial charge in [-0.3, -0.25) is 0 Å². The van der Waals surface area contributed by atoms with Gasteiger partial charge in [0, 0.05) is 5.56 Å². The van der Waals surface area contributed by atoms with Crippen molar-refractivity contribution >= 4 is 0 Å². The van der Waals surface area contributed by atoms with E-state index in [4.69, 9.17) is 0 Å². The average Bonchev–Trinajstić information content (AvgIpc) is 2.87. The van der Waals surface area contributed by atoms with Gasteiger partial charge in [-0.2, -0.15) is 0 Å². The Morgan fingerprint density at radius 1 is 0.618 bits per heavy atom. The molecule has 0 saturated heterocycles. The van der Waals surface area contributed by atoms with Crippen LogP contribution < -0.4 is 0 Å².